The Hall–Kier alpha value is -3.32. The lowest BCUT2D eigenvalue weighted by Crippen LogP contribution is -2.43. The summed E-state index contributed by atoms with van der Waals surface area (Å²) in [5, 5.41) is 3.12. The lowest BCUT2D eigenvalue weighted by Gasteiger charge is -2.32. The lowest BCUT2D eigenvalue weighted by atomic mass is 9.94. The minimum Gasteiger partial charge on any atom is -0.489 e. The highest BCUT2D eigenvalue weighted by molar-refractivity contribution is 5.79. The number of amides is 1. The fourth-order valence-electron chi connectivity index (χ4n) is 4.06. The number of likely N-dealkylation sites (tertiary alicyclic amines) is 1. The number of carbonyl (C=O) groups is 1. The number of pyridine rings is 1. The zero-order chi connectivity index (χ0) is 23.0. The molecular weight excluding hydrogens is 424 g/mol. The smallest absolute Gasteiger partial charge is 0.224 e. The summed E-state index contributed by atoms with van der Waals surface area (Å²) in [5.74, 6) is -0.571. The van der Waals surface area contributed by atoms with E-state index in [1.165, 1.54) is 18.2 Å². The Labute approximate surface area is 192 Å². The Morgan fingerprint density at radius 2 is 1.76 bits per heavy atom. The zero-order valence-corrected chi connectivity index (χ0v) is 18.3. The second-order valence-corrected chi connectivity index (χ2v) is 8.14. The number of ether oxygens (including phenoxy) is 1. The number of para-hydroxylation sites is 1. The third kappa shape index (κ3) is 6.14. The van der Waals surface area contributed by atoms with Gasteiger partial charge in [-0.15, -0.1) is 0 Å². The SMILES string of the molecule is O=C(N[C@H](c1ccc(F)cc1)c1ccccn1)C1CCN(CCOc2ccccc2F)CC1. The maximum absolute atomic E-state index is 13.7. The first-order valence-corrected chi connectivity index (χ1v) is 11.2. The van der Waals surface area contributed by atoms with Gasteiger partial charge in [0.2, 0.25) is 5.91 Å². The van der Waals surface area contributed by atoms with Crippen LogP contribution in [0.1, 0.15) is 30.1 Å². The largest absolute Gasteiger partial charge is 0.489 e. The van der Waals surface area contributed by atoms with Gasteiger partial charge in [0.15, 0.2) is 11.6 Å². The standard InChI is InChI=1S/C26H27F2N3O2/c27-21-10-8-19(9-11-21)25(23-6-3-4-14-29-23)30-26(32)20-12-15-31(16-13-20)17-18-33-24-7-2-1-5-22(24)28/h1-11,14,20,25H,12-13,15-18H2,(H,30,32)/t25-/m1/s1. The maximum Gasteiger partial charge on any atom is 0.224 e. The van der Waals surface area contributed by atoms with Crippen molar-refractivity contribution in [2.45, 2.75) is 18.9 Å². The summed E-state index contributed by atoms with van der Waals surface area (Å²) < 4.78 is 32.6. The molecular formula is C26H27F2N3O2. The van der Waals surface area contributed by atoms with Crippen LogP contribution in [0, 0.1) is 17.6 Å². The van der Waals surface area contributed by atoms with Crippen molar-refractivity contribution in [1.29, 1.82) is 0 Å². The first kappa shape index (κ1) is 22.9. The van der Waals surface area contributed by atoms with Crippen molar-refractivity contribution in [3.05, 3.63) is 95.8 Å². The van der Waals surface area contributed by atoms with Crippen molar-refractivity contribution < 1.29 is 18.3 Å². The summed E-state index contributed by atoms with van der Waals surface area (Å²) in [6, 6.07) is 17.6. The number of aromatic nitrogens is 1. The lowest BCUT2D eigenvalue weighted by molar-refractivity contribution is -0.127. The first-order chi connectivity index (χ1) is 16.1. The van der Waals surface area contributed by atoms with E-state index in [1.54, 1.807) is 36.5 Å². The Morgan fingerprint density at radius 1 is 1.03 bits per heavy atom. The molecule has 0 saturated carbocycles. The molecule has 1 amide bonds. The number of nitrogens with one attached hydrogen (secondary N) is 1. The summed E-state index contributed by atoms with van der Waals surface area (Å²) in [7, 11) is 0. The van der Waals surface area contributed by atoms with E-state index in [-0.39, 0.29) is 29.2 Å². The van der Waals surface area contributed by atoms with E-state index in [9.17, 15) is 13.6 Å². The van der Waals surface area contributed by atoms with Gasteiger partial charge in [-0.05, 0) is 67.9 Å². The third-order valence-electron chi connectivity index (χ3n) is 5.93. The van der Waals surface area contributed by atoms with Crippen LogP contribution in [-0.2, 0) is 4.79 Å². The van der Waals surface area contributed by atoms with Gasteiger partial charge in [-0.25, -0.2) is 8.78 Å². The van der Waals surface area contributed by atoms with Crippen molar-refractivity contribution in [2.75, 3.05) is 26.2 Å². The van der Waals surface area contributed by atoms with Crippen LogP contribution in [0.25, 0.3) is 0 Å². The van der Waals surface area contributed by atoms with Crippen LogP contribution in [0.4, 0.5) is 8.78 Å². The molecule has 0 unspecified atom stereocenters. The zero-order valence-electron chi connectivity index (χ0n) is 18.3. The number of halogens is 2. The molecule has 0 aliphatic carbocycles. The maximum atomic E-state index is 13.7. The van der Waals surface area contributed by atoms with E-state index >= 15 is 0 Å². The number of carbonyl (C=O) groups excluding carboxylic acids is 1. The molecule has 1 aromatic heterocycles. The molecule has 1 N–H and O–H groups in total. The van der Waals surface area contributed by atoms with Crippen LogP contribution in [0.5, 0.6) is 5.75 Å². The van der Waals surface area contributed by atoms with Gasteiger partial charge in [-0.3, -0.25) is 14.7 Å². The molecule has 2 aromatic carbocycles. The number of piperidine rings is 1. The second-order valence-electron chi connectivity index (χ2n) is 8.14. The van der Waals surface area contributed by atoms with Crippen molar-refractivity contribution in [1.82, 2.24) is 15.2 Å². The summed E-state index contributed by atoms with van der Waals surface area (Å²) in [6.07, 6.45) is 3.13. The molecule has 3 aromatic rings. The van der Waals surface area contributed by atoms with E-state index in [2.05, 4.69) is 15.2 Å². The van der Waals surface area contributed by atoms with Crippen molar-refractivity contribution in [3.8, 4) is 5.75 Å². The van der Waals surface area contributed by atoms with Crippen LogP contribution in [0.15, 0.2) is 72.9 Å². The Balaban J connectivity index is 1.30. The van der Waals surface area contributed by atoms with E-state index in [1.807, 2.05) is 18.2 Å². The molecule has 4 rings (SSSR count). The third-order valence-corrected chi connectivity index (χ3v) is 5.93. The number of hydrogen-bond donors (Lipinski definition) is 1. The Morgan fingerprint density at radius 3 is 2.45 bits per heavy atom. The molecule has 0 radical (unpaired) electrons. The van der Waals surface area contributed by atoms with Gasteiger partial charge in [-0.1, -0.05) is 30.3 Å². The van der Waals surface area contributed by atoms with Gasteiger partial charge in [0, 0.05) is 18.7 Å². The minimum absolute atomic E-state index is 0.0303. The van der Waals surface area contributed by atoms with E-state index in [0.29, 0.717) is 18.8 Å². The highest BCUT2D eigenvalue weighted by Gasteiger charge is 2.28. The second kappa shape index (κ2) is 11.0. The molecule has 1 aliphatic rings. The summed E-state index contributed by atoms with van der Waals surface area (Å²) in [4.78, 5) is 19.7. The van der Waals surface area contributed by atoms with Crippen LogP contribution in [0.3, 0.4) is 0 Å². The number of benzene rings is 2. The fourth-order valence-corrected chi connectivity index (χ4v) is 4.06. The predicted octanol–water partition coefficient (Wildman–Crippen LogP) is 4.36. The number of hydrogen-bond acceptors (Lipinski definition) is 4. The van der Waals surface area contributed by atoms with Gasteiger partial charge < -0.3 is 10.1 Å². The highest BCUT2D eigenvalue weighted by atomic mass is 19.1. The van der Waals surface area contributed by atoms with Crippen LogP contribution in [-0.4, -0.2) is 42.0 Å². The molecule has 1 aliphatic heterocycles. The van der Waals surface area contributed by atoms with Crippen LogP contribution >= 0.6 is 0 Å². The topological polar surface area (TPSA) is 54.5 Å². The van der Waals surface area contributed by atoms with Crippen LogP contribution < -0.4 is 10.1 Å². The van der Waals surface area contributed by atoms with Gasteiger partial charge in [0.25, 0.3) is 0 Å². The molecule has 0 bridgehead atoms. The van der Waals surface area contributed by atoms with Crippen molar-refractivity contribution in [2.24, 2.45) is 5.92 Å². The summed E-state index contributed by atoms with van der Waals surface area (Å²) in [6.45, 7) is 2.60. The molecule has 1 atom stereocenters. The molecule has 1 saturated heterocycles. The Kier molecular flexibility index (Phi) is 7.62. The number of nitrogens with zero attached hydrogens (tertiary/aromatic N) is 2. The van der Waals surface area contributed by atoms with Crippen molar-refractivity contribution in [3.63, 3.8) is 0 Å². The fraction of sp³-hybridized carbons (Fsp3) is 0.308. The Bertz CT molecular complexity index is 1040. The number of rotatable bonds is 8. The average molecular weight is 452 g/mol. The average Bonchev–Trinajstić information content (AvgIpc) is 2.85. The molecule has 33 heavy (non-hydrogen) atoms. The summed E-state index contributed by atoms with van der Waals surface area (Å²) >= 11 is 0. The summed E-state index contributed by atoms with van der Waals surface area (Å²) in [5.41, 5.74) is 1.49. The molecule has 5 nitrogen and oxygen atoms in total. The van der Waals surface area contributed by atoms with Crippen molar-refractivity contribution >= 4 is 5.91 Å². The molecule has 0 spiro atoms. The molecule has 2 heterocycles. The van der Waals surface area contributed by atoms with E-state index in [4.69, 9.17) is 4.74 Å². The first-order valence-electron chi connectivity index (χ1n) is 11.2. The van der Waals surface area contributed by atoms with Gasteiger partial charge in [0.1, 0.15) is 12.4 Å². The molecule has 172 valence electrons. The quantitative estimate of drug-likeness (QED) is 0.553. The van der Waals surface area contributed by atoms with Gasteiger partial charge in [-0.2, -0.15) is 0 Å². The molecule has 1 fully saturated rings. The minimum atomic E-state index is -0.438. The predicted molar refractivity (Wildman–Crippen MR) is 122 cm³/mol. The van der Waals surface area contributed by atoms with Crippen LogP contribution in [0.2, 0.25) is 0 Å². The molecule has 7 heteroatoms. The van der Waals surface area contributed by atoms with Gasteiger partial charge in [0.05, 0.1) is 11.7 Å². The monoisotopic (exact) mass is 451 g/mol. The van der Waals surface area contributed by atoms with Gasteiger partial charge >= 0.3 is 0 Å². The normalized spacial score (nSPS) is 15.7. The van der Waals surface area contributed by atoms with E-state index in [0.717, 1.165) is 31.5 Å². The van der Waals surface area contributed by atoms with E-state index < -0.39 is 6.04 Å². The highest BCUT2D eigenvalue weighted by Crippen LogP contribution is 2.24.